The highest BCUT2D eigenvalue weighted by atomic mass is 32.1. The van der Waals surface area contributed by atoms with Gasteiger partial charge in [0, 0.05) is 6.20 Å². The van der Waals surface area contributed by atoms with Crippen molar-refractivity contribution < 1.29 is 9.53 Å². The molecular weight excluding hydrogens is 286 g/mol. The number of fused-ring (bicyclic) bond motifs is 1. The van der Waals surface area contributed by atoms with Gasteiger partial charge in [-0.15, -0.1) is 11.3 Å². The van der Waals surface area contributed by atoms with Gasteiger partial charge in [0.15, 0.2) is 0 Å². The average Bonchev–Trinajstić information content (AvgIpc) is 2.91. The van der Waals surface area contributed by atoms with Crippen LogP contribution < -0.4 is 5.32 Å². The maximum atomic E-state index is 11.7. The van der Waals surface area contributed by atoms with Gasteiger partial charge < -0.3 is 10.1 Å². The molecule has 0 aliphatic heterocycles. The zero-order valence-electron chi connectivity index (χ0n) is 11.2. The van der Waals surface area contributed by atoms with Crippen molar-refractivity contribution in [1.82, 2.24) is 9.97 Å². The van der Waals surface area contributed by atoms with E-state index in [2.05, 4.69) is 15.3 Å². The summed E-state index contributed by atoms with van der Waals surface area (Å²) in [6.45, 7) is 0.324. The Morgan fingerprint density at radius 2 is 2.14 bits per heavy atom. The van der Waals surface area contributed by atoms with E-state index < -0.39 is 0 Å². The Balaban J connectivity index is 1.50. The first-order valence-electron chi connectivity index (χ1n) is 6.43. The van der Waals surface area contributed by atoms with E-state index in [1.807, 2.05) is 24.3 Å². The van der Waals surface area contributed by atoms with Gasteiger partial charge in [-0.05, 0) is 24.3 Å². The van der Waals surface area contributed by atoms with Gasteiger partial charge >= 0.3 is 0 Å². The minimum atomic E-state index is -0.205. The second-order valence-electron chi connectivity index (χ2n) is 4.36. The number of thiazole rings is 1. The van der Waals surface area contributed by atoms with Crippen molar-refractivity contribution in [1.29, 1.82) is 0 Å². The third-order valence-electron chi connectivity index (χ3n) is 2.74. The van der Waals surface area contributed by atoms with Gasteiger partial charge in [0.05, 0.1) is 28.7 Å². The SMILES string of the molecule is O=C(COCc1nc2ccccc2s1)Nc1cccnc1. The predicted molar refractivity (Wildman–Crippen MR) is 82.1 cm³/mol. The lowest BCUT2D eigenvalue weighted by Gasteiger charge is -2.04. The van der Waals surface area contributed by atoms with Gasteiger partial charge in [-0.3, -0.25) is 9.78 Å². The van der Waals surface area contributed by atoms with Gasteiger partial charge in [0.1, 0.15) is 11.6 Å². The number of carbonyl (C=O) groups is 1. The molecule has 0 radical (unpaired) electrons. The van der Waals surface area contributed by atoms with Crippen molar-refractivity contribution in [2.75, 3.05) is 11.9 Å². The Bertz CT molecular complexity index is 710. The zero-order valence-corrected chi connectivity index (χ0v) is 12.0. The number of pyridine rings is 1. The van der Waals surface area contributed by atoms with Crippen LogP contribution in [-0.4, -0.2) is 22.5 Å². The van der Waals surface area contributed by atoms with E-state index in [0.29, 0.717) is 12.3 Å². The molecule has 0 unspecified atom stereocenters. The molecule has 21 heavy (non-hydrogen) atoms. The van der Waals surface area contributed by atoms with Crippen LogP contribution in [0.4, 0.5) is 5.69 Å². The zero-order chi connectivity index (χ0) is 14.5. The summed E-state index contributed by atoms with van der Waals surface area (Å²) < 4.78 is 6.52. The van der Waals surface area contributed by atoms with E-state index in [1.54, 1.807) is 35.9 Å². The molecule has 6 heteroatoms. The fourth-order valence-electron chi connectivity index (χ4n) is 1.85. The van der Waals surface area contributed by atoms with Crippen LogP contribution in [0.1, 0.15) is 5.01 Å². The number of anilines is 1. The summed E-state index contributed by atoms with van der Waals surface area (Å²) in [5, 5.41) is 3.58. The average molecular weight is 299 g/mol. The molecule has 0 aliphatic carbocycles. The number of ether oxygens (including phenoxy) is 1. The molecule has 5 nitrogen and oxygen atoms in total. The summed E-state index contributed by atoms with van der Waals surface area (Å²) in [5.74, 6) is -0.205. The van der Waals surface area contributed by atoms with Gasteiger partial charge in [-0.25, -0.2) is 4.98 Å². The molecule has 3 aromatic rings. The van der Waals surface area contributed by atoms with Crippen LogP contribution in [-0.2, 0) is 16.1 Å². The minimum Gasteiger partial charge on any atom is -0.364 e. The Labute approximate surface area is 125 Å². The molecule has 1 N–H and O–H groups in total. The minimum absolute atomic E-state index is 0.00911. The van der Waals surface area contributed by atoms with E-state index in [1.165, 1.54) is 0 Å². The van der Waals surface area contributed by atoms with Crippen LogP contribution in [0.3, 0.4) is 0 Å². The fraction of sp³-hybridized carbons (Fsp3) is 0.133. The molecule has 1 amide bonds. The second-order valence-corrected chi connectivity index (χ2v) is 5.47. The highest BCUT2D eigenvalue weighted by Crippen LogP contribution is 2.21. The molecule has 106 valence electrons. The van der Waals surface area contributed by atoms with E-state index in [-0.39, 0.29) is 12.5 Å². The molecule has 0 saturated carbocycles. The lowest BCUT2D eigenvalue weighted by Crippen LogP contribution is -2.18. The number of para-hydroxylation sites is 1. The molecule has 0 aliphatic rings. The molecule has 2 heterocycles. The highest BCUT2D eigenvalue weighted by Gasteiger charge is 2.06. The van der Waals surface area contributed by atoms with Gasteiger partial charge in [-0.2, -0.15) is 0 Å². The van der Waals surface area contributed by atoms with E-state index >= 15 is 0 Å². The Morgan fingerprint density at radius 3 is 2.95 bits per heavy atom. The summed E-state index contributed by atoms with van der Waals surface area (Å²) in [6, 6.07) is 11.5. The molecule has 1 aromatic carbocycles. The molecule has 0 bridgehead atoms. The van der Waals surface area contributed by atoms with Crippen LogP contribution >= 0.6 is 11.3 Å². The first kappa shape index (κ1) is 13.7. The van der Waals surface area contributed by atoms with Gasteiger partial charge in [0.25, 0.3) is 0 Å². The molecular formula is C15H13N3O2S. The molecule has 0 atom stereocenters. The summed E-state index contributed by atoms with van der Waals surface area (Å²) in [4.78, 5) is 20.1. The molecule has 0 saturated heterocycles. The maximum Gasteiger partial charge on any atom is 0.250 e. The standard InChI is InChI=1S/C15H13N3O2S/c19-14(17-11-4-3-7-16-8-11)9-20-10-15-18-12-5-1-2-6-13(12)21-15/h1-8H,9-10H2,(H,17,19). The first-order valence-corrected chi connectivity index (χ1v) is 7.25. The molecule has 3 rings (SSSR count). The summed E-state index contributed by atoms with van der Waals surface area (Å²) in [6.07, 6.45) is 3.24. The Hall–Kier alpha value is -2.31. The van der Waals surface area contributed by atoms with Crippen molar-refractivity contribution in [3.8, 4) is 0 Å². The first-order chi connectivity index (χ1) is 10.3. The third kappa shape index (κ3) is 3.62. The topological polar surface area (TPSA) is 64.1 Å². The fourth-order valence-corrected chi connectivity index (χ4v) is 2.75. The van der Waals surface area contributed by atoms with Crippen LogP contribution in [0.2, 0.25) is 0 Å². The number of benzene rings is 1. The van der Waals surface area contributed by atoms with Crippen LogP contribution in [0.15, 0.2) is 48.8 Å². The smallest absolute Gasteiger partial charge is 0.250 e. The highest BCUT2D eigenvalue weighted by molar-refractivity contribution is 7.18. The molecule has 0 fully saturated rings. The van der Waals surface area contributed by atoms with Crippen molar-refractivity contribution in [2.45, 2.75) is 6.61 Å². The maximum absolute atomic E-state index is 11.7. The molecule has 2 aromatic heterocycles. The van der Waals surface area contributed by atoms with Crippen molar-refractivity contribution in [2.24, 2.45) is 0 Å². The number of nitrogens with one attached hydrogen (secondary N) is 1. The quantitative estimate of drug-likeness (QED) is 0.787. The predicted octanol–water partition coefficient (Wildman–Crippen LogP) is 2.85. The number of carbonyl (C=O) groups excluding carboxylic acids is 1. The summed E-state index contributed by atoms with van der Waals surface area (Å²) >= 11 is 1.58. The van der Waals surface area contributed by atoms with E-state index in [9.17, 15) is 4.79 Å². The Kier molecular flexibility index (Phi) is 4.18. The van der Waals surface area contributed by atoms with Crippen LogP contribution in [0, 0.1) is 0 Å². The monoisotopic (exact) mass is 299 g/mol. The van der Waals surface area contributed by atoms with Crippen LogP contribution in [0.5, 0.6) is 0 Å². The second kappa shape index (κ2) is 6.43. The third-order valence-corrected chi connectivity index (χ3v) is 3.75. The number of hydrogen-bond donors (Lipinski definition) is 1. The lowest BCUT2D eigenvalue weighted by molar-refractivity contribution is -0.121. The number of amides is 1. The summed E-state index contributed by atoms with van der Waals surface area (Å²) in [7, 11) is 0. The normalized spacial score (nSPS) is 10.7. The van der Waals surface area contributed by atoms with Crippen molar-refractivity contribution in [3.05, 3.63) is 53.8 Å². The van der Waals surface area contributed by atoms with E-state index in [4.69, 9.17) is 4.74 Å². The number of aromatic nitrogens is 2. The number of hydrogen-bond acceptors (Lipinski definition) is 5. The van der Waals surface area contributed by atoms with E-state index in [0.717, 1.165) is 15.2 Å². The largest absolute Gasteiger partial charge is 0.364 e. The molecule has 0 spiro atoms. The number of nitrogens with zero attached hydrogens (tertiary/aromatic N) is 2. The summed E-state index contributed by atoms with van der Waals surface area (Å²) in [5.41, 5.74) is 1.62. The Morgan fingerprint density at radius 1 is 1.24 bits per heavy atom. The van der Waals surface area contributed by atoms with Gasteiger partial charge in [-0.1, -0.05) is 12.1 Å². The van der Waals surface area contributed by atoms with Gasteiger partial charge in [0.2, 0.25) is 5.91 Å². The number of rotatable bonds is 5. The lowest BCUT2D eigenvalue weighted by atomic mass is 10.3. The van der Waals surface area contributed by atoms with Crippen LogP contribution in [0.25, 0.3) is 10.2 Å². The van der Waals surface area contributed by atoms with Crippen molar-refractivity contribution in [3.63, 3.8) is 0 Å². The van der Waals surface area contributed by atoms with Crippen molar-refractivity contribution >= 4 is 33.1 Å².